The summed E-state index contributed by atoms with van der Waals surface area (Å²) in [6, 6.07) is 4.80. The van der Waals surface area contributed by atoms with Gasteiger partial charge in [0.15, 0.2) is 5.82 Å². The van der Waals surface area contributed by atoms with Crippen molar-refractivity contribution in [2.75, 3.05) is 43.3 Å². The van der Waals surface area contributed by atoms with Gasteiger partial charge in [0.05, 0.1) is 6.20 Å². The molecule has 26 heavy (non-hydrogen) atoms. The van der Waals surface area contributed by atoms with Gasteiger partial charge in [0.1, 0.15) is 11.4 Å². The molecule has 0 saturated heterocycles. The van der Waals surface area contributed by atoms with E-state index in [-0.39, 0.29) is 5.56 Å². The Bertz CT molecular complexity index is 794. The number of hydrogen-bond acceptors (Lipinski definition) is 6. The molecule has 0 atom stereocenters. The number of nitrogens with zero attached hydrogens (tertiary/aromatic N) is 4. The summed E-state index contributed by atoms with van der Waals surface area (Å²) in [6.45, 7) is 0. The molecule has 2 rings (SSSR count). The van der Waals surface area contributed by atoms with Crippen LogP contribution in [0.4, 0.5) is 30.6 Å². The van der Waals surface area contributed by atoms with E-state index in [4.69, 9.17) is 0 Å². The molecule has 1 heterocycles. The Morgan fingerprint density at radius 1 is 1.15 bits per heavy atom. The fourth-order valence-corrected chi connectivity index (χ4v) is 2.04. The normalized spacial score (nSPS) is 11.0. The van der Waals surface area contributed by atoms with Crippen molar-refractivity contribution >= 4 is 23.4 Å². The molecule has 0 radical (unpaired) electrons. The van der Waals surface area contributed by atoms with E-state index in [0.29, 0.717) is 17.5 Å². The van der Waals surface area contributed by atoms with Gasteiger partial charge >= 0.3 is 6.36 Å². The van der Waals surface area contributed by atoms with Crippen LogP contribution in [-0.2, 0) is 0 Å². The second-order valence-corrected chi connectivity index (χ2v) is 5.73. The average molecular weight is 369 g/mol. The maximum atomic E-state index is 12.4. The summed E-state index contributed by atoms with van der Waals surface area (Å²) in [5.74, 6) is -0.175. The number of nitrogens with one attached hydrogen (secondary N) is 1. The number of rotatable bonds is 5. The maximum Gasteiger partial charge on any atom is 0.573 e. The molecule has 10 heteroatoms. The standard InChI is InChI=1S/C16H18F3N5O2/c1-23(2)13-12(9-20-15(22-13)24(3)4)21-14(25)10-6-5-7-11(8-10)26-16(17,18)19/h5-9H,1-4H3,(H,21,25). The van der Waals surface area contributed by atoms with Crippen molar-refractivity contribution < 1.29 is 22.7 Å². The van der Waals surface area contributed by atoms with Crippen LogP contribution in [0.3, 0.4) is 0 Å². The second-order valence-electron chi connectivity index (χ2n) is 5.73. The molecule has 0 aliphatic heterocycles. The van der Waals surface area contributed by atoms with Crippen LogP contribution in [0.2, 0.25) is 0 Å². The summed E-state index contributed by atoms with van der Waals surface area (Å²) < 4.78 is 40.8. The van der Waals surface area contributed by atoms with Crippen LogP contribution in [0, 0.1) is 0 Å². The molecule has 1 aromatic carbocycles. The number of hydrogen-bond donors (Lipinski definition) is 1. The highest BCUT2D eigenvalue weighted by atomic mass is 19.4. The lowest BCUT2D eigenvalue weighted by Crippen LogP contribution is -2.21. The monoisotopic (exact) mass is 369 g/mol. The fourth-order valence-electron chi connectivity index (χ4n) is 2.04. The number of halogens is 3. The highest BCUT2D eigenvalue weighted by Crippen LogP contribution is 2.26. The first kappa shape index (κ1) is 19.3. The molecule has 0 aliphatic rings. The maximum absolute atomic E-state index is 12.4. The predicted octanol–water partition coefficient (Wildman–Crippen LogP) is 2.76. The molecule has 0 fully saturated rings. The molecule has 1 N–H and O–H groups in total. The summed E-state index contributed by atoms with van der Waals surface area (Å²) in [7, 11) is 7.04. The molecule has 7 nitrogen and oxygen atoms in total. The minimum atomic E-state index is -4.83. The van der Waals surface area contributed by atoms with Crippen molar-refractivity contribution in [3.05, 3.63) is 36.0 Å². The van der Waals surface area contributed by atoms with E-state index < -0.39 is 18.0 Å². The van der Waals surface area contributed by atoms with E-state index in [1.165, 1.54) is 18.3 Å². The largest absolute Gasteiger partial charge is 0.573 e. The Labute approximate surface area is 148 Å². The van der Waals surface area contributed by atoms with Crippen LogP contribution < -0.4 is 19.9 Å². The van der Waals surface area contributed by atoms with E-state index in [1.54, 1.807) is 38.0 Å². The van der Waals surface area contributed by atoms with Gasteiger partial charge in [-0.1, -0.05) is 6.07 Å². The van der Waals surface area contributed by atoms with Crippen molar-refractivity contribution in [2.24, 2.45) is 0 Å². The lowest BCUT2D eigenvalue weighted by Gasteiger charge is -2.19. The first-order valence-electron chi connectivity index (χ1n) is 7.45. The van der Waals surface area contributed by atoms with Crippen LogP contribution in [0.1, 0.15) is 10.4 Å². The molecule has 1 aromatic heterocycles. The number of benzene rings is 1. The number of alkyl halides is 3. The Morgan fingerprint density at radius 2 is 1.85 bits per heavy atom. The van der Waals surface area contributed by atoms with E-state index in [0.717, 1.165) is 12.1 Å². The summed E-state index contributed by atoms with van der Waals surface area (Å²) >= 11 is 0. The summed E-state index contributed by atoms with van der Waals surface area (Å²) in [6.07, 6.45) is -3.39. The highest BCUT2D eigenvalue weighted by molar-refractivity contribution is 6.05. The van der Waals surface area contributed by atoms with Crippen molar-refractivity contribution in [3.8, 4) is 5.75 Å². The Balaban J connectivity index is 2.26. The molecule has 0 saturated carbocycles. The molecular formula is C16H18F3N5O2. The van der Waals surface area contributed by atoms with E-state index in [1.807, 2.05) is 0 Å². The van der Waals surface area contributed by atoms with Crippen LogP contribution in [0.5, 0.6) is 5.75 Å². The van der Waals surface area contributed by atoms with Crippen molar-refractivity contribution in [3.63, 3.8) is 0 Å². The minimum absolute atomic E-state index is 0.00754. The van der Waals surface area contributed by atoms with Crippen LogP contribution in [0.25, 0.3) is 0 Å². The minimum Gasteiger partial charge on any atom is -0.406 e. The summed E-state index contributed by atoms with van der Waals surface area (Å²) in [5, 5.41) is 2.60. The van der Waals surface area contributed by atoms with Gasteiger partial charge in [-0.2, -0.15) is 4.98 Å². The molecule has 1 amide bonds. The first-order valence-corrected chi connectivity index (χ1v) is 7.45. The first-order chi connectivity index (χ1) is 12.1. The van der Waals surface area contributed by atoms with Gasteiger partial charge in [0.2, 0.25) is 5.95 Å². The highest BCUT2D eigenvalue weighted by Gasteiger charge is 2.31. The third-order valence-corrected chi connectivity index (χ3v) is 3.16. The smallest absolute Gasteiger partial charge is 0.406 e. The van der Waals surface area contributed by atoms with E-state index in [9.17, 15) is 18.0 Å². The predicted molar refractivity (Wildman–Crippen MR) is 91.8 cm³/mol. The Kier molecular flexibility index (Phi) is 5.53. The zero-order chi connectivity index (χ0) is 19.5. The SMILES string of the molecule is CN(C)c1ncc(NC(=O)c2cccc(OC(F)(F)F)c2)c(N(C)C)n1. The molecule has 0 spiro atoms. The Hall–Kier alpha value is -3.04. The quantitative estimate of drug-likeness (QED) is 0.874. The number of amides is 1. The van der Waals surface area contributed by atoms with E-state index in [2.05, 4.69) is 20.0 Å². The zero-order valence-electron chi connectivity index (χ0n) is 14.6. The van der Waals surface area contributed by atoms with E-state index >= 15 is 0 Å². The van der Waals surface area contributed by atoms with Gasteiger partial charge in [0, 0.05) is 33.8 Å². The molecule has 2 aromatic rings. The molecular weight excluding hydrogens is 351 g/mol. The second kappa shape index (κ2) is 7.46. The topological polar surface area (TPSA) is 70.6 Å². The number of anilines is 3. The number of carbonyl (C=O) groups is 1. The van der Waals surface area contributed by atoms with Gasteiger partial charge in [-0.15, -0.1) is 13.2 Å². The van der Waals surface area contributed by atoms with Gasteiger partial charge in [-0.25, -0.2) is 4.98 Å². The third kappa shape index (κ3) is 4.98. The summed E-state index contributed by atoms with van der Waals surface area (Å²) in [5.41, 5.74) is 0.334. The fraction of sp³-hybridized carbons (Fsp3) is 0.312. The van der Waals surface area contributed by atoms with Crippen LogP contribution in [-0.4, -0.2) is 50.4 Å². The lowest BCUT2D eigenvalue weighted by atomic mass is 10.2. The third-order valence-electron chi connectivity index (χ3n) is 3.16. The van der Waals surface area contributed by atoms with Gasteiger partial charge in [0.25, 0.3) is 5.91 Å². The van der Waals surface area contributed by atoms with Crippen LogP contribution in [0.15, 0.2) is 30.5 Å². The lowest BCUT2D eigenvalue weighted by molar-refractivity contribution is -0.274. The number of ether oxygens (including phenoxy) is 1. The molecule has 0 unspecified atom stereocenters. The van der Waals surface area contributed by atoms with Crippen molar-refractivity contribution in [1.29, 1.82) is 0 Å². The zero-order valence-corrected chi connectivity index (χ0v) is 14.6. The molecule has 0 bridgehead atoms. The van der Waals surface area contributed by atoms with Crippen molar-refractivity contribution in [2.45, 2.75) is 6.36 Å². The van der Waals surface area contributed by atoms with Crippen molar-refractivity contribution in [1.82, 2.24) is 9.97 Å². The number of aromatic nitrogens is 2. The number of carbonyl (C=O) groups excluding carboxylic acids is 1. The van der Waals surface area contributed by atoms with Crippen LogP contribution >= 0.6 is 0 Å². The summed E-state index contributed by atoms with van der Waals surface area (Å²) in [4.78, 5) is 24.3. The average Bonchev–Trinajstić information content (AvgIpc) is 2.53. The van der Waals surface area contributed by atoms with Gasteiger partial charge in [-0.05, 0) is 18.2 Å². The molecule has 140 valence electrons. The Morgan fingerprint density at radius 3 is 2.42 bits per heavy atom. The van der Waals surface area contributed by atoms with Gasteiger partial charge < -0.3 is 19.9 Å². The molecule has 0 aliphatic carbocycles. The van der Waals surface area contributed by atoms with Gasteiger partial charge in [-0.3, -0.25) is 4.79 Å².